The highest BCUT2D eigenvalue weighted by atomic mass is 79.9. The molecule has 0 fully saturated rings. The number of halogens is 1. The van der Waals surface area contributed by atoms with Gasteiger partial charge in [0.2, 0.25) is 5.91 Å². The van der Waals surface area contributed by atoms with Gasteiger partial charge in [0, 0.05) is 16.1 Å². The van der Waals surface area contributed by atoms with E-state index in [2.05, 4.69) is 26.2 Å². The third-order valence-corrected chi connectivity index (χ3v) is 3.14. The summed E-state index contributed by atoms with van der Waals surface area (Å²) < 4.78 is 0.908. The van der Waals surface area contributed by atoms with Crippen LogP contribution in [0.5, 0.6) is 0 Å². The van der Waals surface area contributed by atoms with Gasteiger partial charge in [0.1, 0.15) is 5.82 Å². The molecule has 0 aliphatic rings. The molecule has 88 valence electrons. The molecule has 0 atom stereocenters. The van der Waals surface area contributed by atoms with Gasteiger partial charge in [-0.15, -0.1) is 11.8 Å². The van der Waals surface area contributed by atoms with Crippen LogP contribution < -0.4 is 5.32 Å². The summed E-state index contributed by atoms with van der Waals surface area (Å²) in [5.41, 5.74) is -0.412. The SMILES string of the molecule is CSc1cc(Br)cnc1NC(=O)C(C)(C)C. The molecule has 0 bridgehead atoms. The molecule has 0 spiro atoms. The van der Waals surface area contributed by atoms with Crippen molar-refractivity contribution in [1.29, 1.82) is 0 Å². The molecule has 0 aromatic carbocycles. The Morgan fingerprint density at radius 2 is 2.12 bits per heavy atom. The maximum atomic E-state index is 11.8. The van der Waals surface area contributed by atoms with Gasteiger partial charge >= 0.3 is 0 Å². The fraction of sp³-hybridized carbons (Fsp3) is 0.455. The van der Waals surface area contributed by atoms with Gasteiger partial charge < -0.3 is 5.32 Å². The van der Waals surface area contributed by atoms with Gasteiger partial charge in [0.25, 0.3) is 0 Å². The van der Waals surface area contributed by atoms with Crippen LogP contribution in [0.1, 0.15) is 20.8 Å². The number of hydrogen-bond acceptors (Lipinski definition) is 3. The Kier molecular flexibility index (Phi) is 4.38. The van der Waals surface area contributed by atoms with Gasteiger partial charge in [-0.25, -0.2) is 4.98 Å². The molecule has 1 amide bonds. The zero-order chi connectivity index (χ0) is 12.3. The molecule has 1 N–H and O–H groups in total. The Bertz CT molecular complexity index is 401. The van der Waals surface area contributed by atoms with Crippen molar-refractivity contribution in [2.45, 2.75) is 25.7 Å². The fourth-order valence-electron chi connectivity index (χ4n) is 0.965. The first-order chi connectivity index (χ1) is 7.34. The summed E-state index contributed by atoms with van der Waals surface area (Å²) in [7, 11) is 0. The number of anilines is 1. The zero-order valence-electron chi connectivity index (χ0n) is 9.80. The minimum Gasteiger partial charge on any atom is -0.309 e. The van der Waals surface area contributed by atoms with E-state index in [4.69, 9.17) is 0 Å². The highest BCUT2D eigenvalue weighted by molar-refractivity contribution is 9.10. The third kappa shape index (κ3) is 3.49. The van der Waals surface area contributed by atoms with Crippen LogP contribution in [0.2, 0.25) is 0 Å². The topological polar surface area (TPSA) is 42.0 Å². The van der Waals surface area contributed by atoms with Crippen molar-refractivity contribution in [3.8, 4) is 0 Å². The molecule has 16 heavy (non-hydrogen) atoms. The molecule has 1 aromatic heterocycles. The summed E-state index contributed by atoms with van der Waals surface area (Å²) in [4.78, 5) is 17.0. The number of nitrogens with one attached hydrogen (secondary N) is 1. The number of rotatable bonds is 2. The number of carbonyl (C=O) groups is 1. The molecule has 3 nitrogen and oxygen atoms in total. The lowest BCUT2D eigenvalue weighted by Crippen LogP contribution is -2.28. The average molecular weight is 303 g/mol. The fourth-order valence-corrected chi connectivity index (χ4v) is 1.99. The predicted molar refractivity (Wildman–Crippen MR) is 71.8 cm³/mol. The molecule has 0 unspecified atom stereocenters. The largest absolute Gasteiger partial charge is 0.309 e. The molecule has 5 heteroatoms. The highest BCUT2D eigenvalue weighted by Crippen LogP contribution is 2.27. The monoisotopic (exact) mass is 302 g/mol. The molecular weight excluding hydrogens is 288 g/mol. The van der Waals surface area contributed by atoms with Crippen LogP contribution >= 0.6 is 27.7 Å². The molecule has 0 aliphatic heterocycles. The number of nitrogens with zero attached hydrogens (tertiary/aromatic N) is 1. The predicted octanol–water partition coefficient (Wildman–Crippen LogP) is 3.55. The zero-order valence-corrected chi connectivity index (χ0v) is 12.2. The smallest absolute Gasteiger partial charge is 0.230 e. The third-order valence-electron chi connectivity index (χ3n) is 1.95. The van der Waals surface area contributed by atoms with E-state index in [-0.39, 0.29) is 5.91 Å². The van der Waals surface area contributed by atoms with Crippen molar-refractivity contribution < 1.29 is 4.79 Å². The summed E-state index contributed by atoms with van der Waals surface area (Å²) in [5.74, 6) is 0.591. The van der Waals surface area contributed by atoms with Crippen molar-refractivity contribution >= 4 is 39.4 Å². The maximum absolute atomic E-state index is 11.8. The first kappa shape index (κ1) is 13.5. The van der Waals surface area contributed by atoms with Crippen molar-refractivity contribution in [1.82, 2.24) is 4.98 Å². The molecule has 0 radical (unpaired) electrons. The lowest BCUT2D eigenvalue weighted by Gasteiger charge is -2.18. The van der Waals surface area contributed by atoms with Crippen LogP contribution in [-0.4, -0.2) is 17.1 Å². The lowest BCUT2D eigenvalue weighted by atomic mass is 9.96. The van der Waals surface area contributed by atoms with Crippen LogP contribution in [0.4, 0.5) is 5.82 Å². The van der Waals surface area contributed by atoms with Crippen molar-refractivity contribution in [2.75, 3.05) is 11.6 Å². The molecule has 0 saturated carbocycles. The molecule has 1 aromatic rings. The first-order valence-electron chi connectivity index (χ1n) is 4.85. The van der Waals surface area contributed by atoms with Crippen LogP contribution in [0.3, 0.4) is 0 Å². The van der Waals surface area contributed by atoms with E-state index >= 15 is 0 Å². The normalized spacial score (nSPS) is 11.3. The van der Waals surface area contributed by atoms with E-state index in [1.165, 1.54) is 0 Å². The molecule has 0 aliphatic carbocycles. The van der Waals surface area contributed by atoms with E-state index in [9.17, 15) is 4.79 Å². The van der Waals surface area contributed by atoms with E-state index < -0.39 is 5.41 Å². The van der Waals surface area contributed by atoms with Crippen molar-refractivity contribution in [3.63, 3.8) is 0 Å². The quantitative estimate of drug-likeness (QED) is 0.850. The Hall–Kier alpha value is -0.550. The second kappa shape index (κ2) is 5.19. The lowest BCUT2D eigenvalue weighted by molar-refractivity contribution is -0.123. The van der Waals surface area contributed by atoms with Gasteiger partial charge in [-0.2, -0.15) is 0 Å². The van der Waals surface area contributed by atoms with Crippen LogP contribution in [0.25, 0.3) is 0 Å². The van der Waals surface area contributed by atoms with Gasteiger partial charge in [-0.3, -0.25) is 4.79 Å². The van der Waals surface area contributed by atoms with Crippen LogP contribution in [-0.2, 0) is 4.79 Å². The first-order valence-corrected chi connectivity index (χ1v) is 6.87. The summed E-state index contributed by atoms with van der Waals surface area (Å²) in [6.45, 7) is 5.62. The van der Waals surface area contributed by atoms with Gasteiger partial charge in [0.15, 0.2) is 0 Å². The van der Waals surface area contributed by atoms with E-state index in [0.717, 1.165) is 9.37 Å². The van der Waals surface area contributed by atoms with Gasteiger partial charge in [-0.1, -0.05) is 20.8 Å². The average Bonchev–Trinajstić information content (AvgIpc) is 2.19. The van der Waals surface area contributed by atoms with E-state index in [0.29, 0.717) is 5.82 Å². The van der Waals surface area contributed by atoms with Crippen molar-refractivity contribution in [2.24, 2.45) is 5.41 Å². The minimum absolute atomic E-state index is 0.0300. The number of aromatic nitrogens is 1. The summed E-state index contributed by atoms with van der Waals surface area (Å²) >= 11 is 4.91. The maximum Gasteiger partial charge on any atom is 0.230 e. The number of thioether (sulfide) groups is 1. The number of pyridine rings is 1. The summed E-state index contributed by atoms with van der Waals surface area (Å²) in [5, 5.41) is 2.84. The number of hydrogen-bond donors (Lipinski definition) is 1. The Morgan fingerprint density at radius 3 is 2.62 bits per heavy atom. The van der Waals surface area contributed by atoms with Gasteiger partial charge in [-0.05, 0) is 28.3 Å². The Labute approximate surface area is 109 Å². The van der Waals surface area contributed by atoms with E-state index in [1.807, 2.05) is 33.1 Å². The number of amides is 1. The second-order valence-electron chi connectivity index (χ2n) is 4.41. The van der Waals surface area contributed by atoms with E-state index in [1.54, 1.807) is 18.0 Å². The second-order valence-corrected chi connectivity index (χ2v) is 6.17. The van der Waals surface area contributed by atoms with Crippen molar-refractivity contribution in [3.05, 3.63) is 16.7 Å². The standard InChI is InChI=1S/C11H15BrN2OS/c1-11(2,3)10(15)14-9-8(16-4)5-7(12)6-13-9/h5-6H,1-4H3,(H,13,14,15). The molecule has 0 saturated heterocycles. The molecule has 1 rings (SSSR count). The van der Waals surface area contributed by atoms with Gasteiger partial charge in [0.05, 0.1) is 4.90 Å². The molecular formula is C11H15BrN2OS. The molecule has 1 heterocycles. The summed E-state index contributed by atoms with van der Waals surface area (Å²) in [6.07, 6.45) is 3.63. The Balaban J connectivity index is 2.93. The number of carbonyl (C=O) groups excluding carboxylic acids is 1. The van der Waals surface area contributed by atoms with Crippen LogP contribution in [0.15, 0.2) is 21.6 Å². The Morgan fingerprint density at radius 1 is 1.50 bits per heavy atom. The minimum atomic E-state index is -0.412. The highest BCUT2D eigenvalue weighted by Gasteiger charge is 2.22. The van der Waals surface area contributed by atoms with Crippen LogP contribution in [0, 0.1) is 5.41 Å². The summed E-state index contributed by atoms with van der Waals surface area (Å²) in [6, 6.07) is 1.94.